The fourth-order valence-corrected chi connectivity index (χ4v) is 1.62. The van der Waals surface area contributed by atoms with Gasteiger partial charge in [-0.25, -0.2) is 0 Å². The summed E-state index contributed by atoms with van der Waals surface area (Å²) in [5.41, 5.74) is 1.19. The molecule has 2 heteroatoms. The molecular weight excluding hydrogens is 188 g/mol. The van der Waals surface area contributed by atoms with E-state index in [0.717, 1.165) is 6.42 Å². The first-order valence-corrected chi connectivity index (χ1v) is 4.93. The highest BCUT2D eigenvalue weighted by molar-refractivity contribution is 5.82. The number of hydrogen-bond acceptors (Lipinski definition) is 2. The van der Waals surface area contributed by atoms with E-state index in [1.54, 1.807) is 0 Å². The van der Waals surface area contributed by atoms with E-state index in [-0.39, 0.29) is 0 Å². The van der Waals surface area contributed by atoms with E-state index in [1.807, 2.05) is 12.1 Å². The van der Waals surface area contributed by atoms with Gasteiger partial charge in [-0.3, -0.25) is 4.79 Å². The number of fused-ring (bicyclic) bond motifs is 1. The fourth-order valence-electron chi connectivity index (χ4n) is 1.62. The minimum atomic E-state index is 0.446. The number of carbonyl (C=O) groups excluding carboxylic acids is 1. The molecule has 0 aliphatic rings. The van der Waals surface area contributed by atoms with Gasteiger partial charge in [0.15, 0.2) is 0 Å². The van der Waals surface area contributed by atoms with Crippen LogP contribution in [-0.2, 0) is 16.0 Å². The maximum atomic E-state index is 9.99. The SMILES string of the molecule is O=COCCc1ccc2ccccc2c1. The third-order valence-corrected chi connectivity index (χ3v) is 2.39. The summed E-state index contributed by atoms with van der Waals surface area (Å²) in [6, 6.07) is 14.5. The number of ether oxygens (including phenoxy) is 1. The Hall–Kier alpha value is -1.83. The fraction of sp³-hybridized carbons (Fsp3) is 0.154. The Morgan fingerprint density at radius 2 is 1.87 bits per heavy atom. The summed E-state index contributed by atoms with van der Waals surface area (Å²) in [5.74, 6) is 0. The molecule has 2 aromatic carbocycles. The molecule has 15 heavy (non-hydrogen) atoms. The van der Waals surface area contributed by atoms with Gasteiger partial charge in [0, 0.05) is 6.42 Å². The molecule has 0 aliphatic carbocycles. The van der Waals surface area contributed by atoms with Crippen LogP contribution in [0.5, 0.6) is 0 Å². The Morgan fingerprint density at radius 3 is 2.67 bits per heavy atom. The molecule has 0 fully saturated rings. The lowest BCUT2D eigenvalue weighted by Crippen LogP contribution is -1.96. The molecule has 0 aliphatic heterocycles. The van der Waals surface area contributed by atoms with Gasteiger partial charge in [0.2, 0.25) is 0 Å². The van der Waals surface area contributed by atoms with Crippen LogP contribution in [0.15, 0.2) is 42.5 Å². The van der Waals surface area contributed by atoms with Crippen molar-refractivity contribution in [1.82, 2.24) is 0 Å². The van der Waals surface area contributed by atoms with Crippen LogP contribution in [0.1, 0.15) is 5.56 Å². The zero-order valence-electron chi connectivity index (χ0n) is 8.35. The van der Waals surface area contributed by atoms with Gasteiger partial charge in [-0.2, -0.15) is 0 Å². The summed E-state index contributed by atoms with van der Waals surface area (Å²) >= 11 is 0. The van der Waals surface area contributed by atoms with Crippen LogP contribution in [0.3, 0.4) is 0 Å². The number of rotatable bonds is 4. The highest BCUT2D eigenvalue weighted by atomic mass is 16.5. The molecule has 0 saturated heterocycles. The summed E-state index contributed by atoms with van der Waals surface area (Å²) in [7, 11) is 0. The van der Waals surface area contributed by atoms with Crippen molar-refractivity contribution >= 4 is 17.2 Å². The molecule has 0 saturated carbocycles. The molecule has 0 atom stereocenters. The van der Waals surface area contributed by atoms with Crippen LogP contribution in [-0.4, -0.2) is 13.1 Å². The molecule has 0 heterocycles. The van der Waals surface area contributed by atoms with Gasteiger partial charge in [0.25, 0.3) is 6.47 Å². The maximum absolute atomic E-state index is 9.99. The third-order valence-electron chi connectivity index (χ3n) is 2.39. The van der Waals surface area contributed by atoms with E-state index in [4.69, 9.17) is 0 Å². The van der Waals surface area contributed by atoms with Crippen LogP contribution < -0.4 is 0 Å². The molecule has 2 aromatic rings. The van der Waals surface area contributed by atoms with Crippen LogP contribution >= 0.6 is 0 Å². The van der Waals surface area contributed by atoms with Crippen molar-refractivity contribution in [2.75, 3.05) is 6.61 Å². The summed E-state index contributed by atoms with van der Waals surface area (Å²) in [4.78, 5) is 9.99. The Kier molecular flexibility index (Phi) is 2.98. The van der Waals surface area contributed by atoms with E-state index in [0.29, 0.717) is 13.1 Å². The van der Waals surface area contributed by atoms with E-state index in [2.05, 4.69) is 35.1 Å². The lowest BCUT2D eigenvalue weighted by Gasteiger charge is -2.02. The van der Waals surface area contributed by atoms with Crippen LogP contribution in [0.25, 0.3) is 10.8 Å². The first kappa shape index (κ1) is 9.71. The highest BCUT2D eigenvalue weighted by Gasteiger charge is 1.96. The lowest BCUT2D eigenvalue weighted by atomic mass is 10.1. The van der Waals surface area contributed by atoms with Crippen molar-refractivity contribution in [2.24, 2.45) is 0 Å². The normalized spacial score (nSPS) is 10.1. The Labute approximate surface area is 88.5 Å². The molecule has 0 radical (unpaired) electrons. The minimum absolute atomic E-state index is 0.446. The average molecular weight is 200 g/mol. The zero-order valence-corrected chi connectivity index (χ0v) is 8.35. The Balaban J connectivity index is 2.19. The largest absolute Gasteiger partial charge is 0.468 e. The molecular formula is C13H12O2. The van der Waals surface area contributed by atoms with Crippen LogP contribution in [0.2, 0.25) is 0 Å². The van der Waals surface area contributed by atoms with Crippen molar-refractivity contribution in [1.29, 1.82) is 0 Å². The van der Waals surface area contributed by atoms with E-state index < -0.39 is 0 Å². The lowest BCUT2D eigenvalue weighted by molar-refractivity contribution is -0.128. The predicted molar refractivity (Wildman–Crippen MR) is 59.7 cm³/mol. The molecule has 2 rings (SSSR count). The maximum Gasteiger partial charge on any atom is 0.293 e. The zero-order chi connectivity index (χ0) is 10.5. The minimum Gasteiger partial charge on any atom is -0.468 e. The van der Waals surface area contributed by atoms with E-state index in [1.165, 1.54) is 16.3 Å². The molecule has 0 bridgehead atoms. The third kappa shape index (κ3) is 2.34. The summed E-state index contributed by atoms with van der Waals surface area (Å²) < 4.78 is 4.67. The molecule has 76 valence electrons. The molecule has 0 amide bonds. The Bertz CT molecular complexity index is 463. The van der Waals surface area contributed by atoms with Gasteiger partial charge >= 0.3 is 0 Å². The molecule has 0 spiro atoms. The van der Waals surface area contributed by atoms with E-state index in [9.17, 15) is 4.79 Å². The Morgan fingerprint density at radius 1 is 1.07 bits per heavy atom. The van der Waals surface area contributed by atoms with Gasteiger partial charge in [-0.05, 0) is 16.3 Å². The van der Waals surface area contributed by atoms with Gasteiger partial charge in [0.1, 0.15) is 0 Å². The molecule has 0 unspecified atom stereocenters. The van der Waals surface area contributed by atoms with Gasteiger partial charge in [0.05, 0.1) is 6.61 Å². The van der Waals surface area contributed by atoms with Gasteiger partial charge in [-0.1, -0.05) is 42.5 Å². The highest BCUT2D eigenvalue weighted by Crippen LogP contribution is 2.15. The monoisotopic (exact) mass is 200 g/mol. The molecule has 0 aromatic heterocycles. The van der Waals surface area contributed by atoms with Crippen molar-refractivity contribution in [3.63, 3.8) is 0 Å². The standard InChI is InChI=1S/C13H12O2/c14-10-15-8-7-11-5-6-12-3-1-2-4-13(12)9-11/h1-6,9-10H,7-8H2. The predicted octanol–water partition coefficient (Wildman–Crippen LogP) is 2.56. The van der Waals surface area contributed by atoms with Crippen molar-refractivity contribution in [2.45, 2.75) is 6.42 Å². The number of benzene rings is 2. The summed E-state index contributed by atoms with van der Waals surface area (Å²) in [5, 5.41) is 2.46. The van der Waals surface area contributed by atoms with Crippen molar-refractivity contribution in [3.05, 3.63) is 48.0 Å². The first-order chi connectivity index (χ1) is 7.40. The second kappa shape index (κ2) is 4.60. The van der Waals surface area contributed by atoms with Gasteiger partial charge in [-0.15, -0.1) is 0 Å². The van der Waals surface area contributed by atoms with Crippen LogP contribution in [0, 0.1) is 0 Å². The topological polar surface area (TPSA) is 26.3 Å². The number of carbonyl (C=O) groups is 1. The number of hydrogen-bond donors (Lipinski definition) is 0. The molecule has 2 nitrogen and oxygen atoms in total. The second-order valence-corrected chi connectivity index (χ2v) is 3.40. The van der Waals surface area contributed by atoms with Gasteiger partial charge < -0.3 is 4.74 Å². The summed E-state index contributed by atoms with van der Waals surface area (Å²) in [6.45, 7) is 0.933. The van der Waals surface area contributed by atoms with Crippen molar-refractivity contribution in [3.8, 4) is 0 Å². The second-order valence-electron chi connectivity index (χ2n) is 3.40. The van der Waals surface area contributed by atoms with Crippen molar-refractivity contribution < 1.29 is 9.53 Å². The van der Waals surface area contributed by atoms with E-state index >= 15 is 0 Å². The quantitative estimate of drug-likeness (QED) is 0.560. The molecule has 0 N–H and O–H groups in total. The smallest absolute Gasteiger partial charge is 0.293 e. The van der Waals surface area contributed by atoms with Crippen LogP contribution in [0.4, 0.5) is 0 Å². The summed E-state index contributed by atoms with van der Waals surface area (Å²) in [6.07, 6.45) is 0.767. The first-order valence-electron chi connectivity index (χ1n) is 4.93. The average Bonchev–Trinajstić information content (AvgIpc) is 2.29.